The molecule has 2 fully saturated rings. The number of methoxy groups -OCH3 is 1. The van der Waals surface area contributed by atoms with Crippen LogP contribution >= 0.6 is 0 Å². The Morgan fingerprint density at radius 2 is 1.88 bits per heavy atom. The number of para-hydroxylation sites is 1. The number of anilines is 1. The molecule has 2 amide bonds. The van der Waals surface area contributed by atoms with Crippen LogP contribution in [0.15, 0.2) is 48.5 Å². The van der Waals surface area contributed by atoms with Crippen molar-refractivity contribution in [1.82, 2.24) is 20.0 Å². The highest BCUT2D eigenvalue weighted by Gasteiger charge is 2.52. The van der Waals surface area contributed by atoms with E-state index in [1.54, 1.807) is 4.68 Å². The van der Waals surface area contributed by atoms with Crippen LogP contribution in [0.3, 0.4) is 0 Å². The van der Waals surface area contributed by atoms with E-state index in [0.29, 0.717) is 28.2 Å². The molecule has 3 aromatic rings. The second-order valence-corrected chi connectivity index (χ2v) is 10.6. The van der Waals surface area contributed by atoms with Crippen molar-refractivity contribution in [3.63, 3.8) is 0 Å². The average molecular weight is 560 g/mol. The Kier molecular flexibility index (Phi) is 7.65. The first-order valence-corrected chi connectivity index (χ1v) is 13.0. The molecule has 0 unspecified atom stereocenters. The first-order chi connectivity index (χ1) is 19.0. The van der Waals surface area contributed by atoms with Crippen molar-refractivity contribution in [3.05, 3.63) is 65.2 Å². The van der Waals surface area contributed by atoms with Gasteiger partial charge < -0.3 is 24.4 Å². The van der Waals surface area contributed by atoms with Crippen LogP contribution in [0.25, 0.3) is 5.69 Å². The molecule has 40 heavy (non-hydrogen) atoms. The SMILES string of the molecule is COCc1ccc(OC(F)(F)F)c(CNC(=O)Nc2c(C)c(OC3CC4(C3)CN(C)C4)nn2-c2ccccc2)c1. The second kappa shape index (κ2) is 11.0. The molecule has 0 atom stereocenters. The van der Waals surface area contributed by atoms with Gasteiger partial charge in [-0.2, -0.15) is 0 Å². The van der Waals surface area contributed by atoms with E-state index in [1.807, 2.05) is 37.3 Å². The molecule has 1 aliphatic carbocycles. The Morgan fingerprint density at radius 1 is 1.15 bits per heavy atom. The van der Waals surface area contributed by atoms with Crippen molar-refractivity contribution in [3.8, 4) is 17.3 Å². The average Bonchev–Trinajstić information content (AvgIpc) is 3.16. The Labute approximate surface area is 230 Å². The zero-order chi connectivity index (χ0) is 28.5. The Hall–Kier alpha value is -3.77. The second-order valence-electron chi connectivity index (χ2n) is 10.6. The molecule has 2 aromatic carbocycles. The summed E-state index contributed by atoms with van der Waals surface area (Å²) < 4.78 is 55.9. The number of hydrogen-bond acceptors (Lipinski definition) is 6. The molecule has 2 heterocycles. The first kappa shape index (κ1) is 27.8. The standard InChI is InChI=1S/C28H32F3N5O4/c1-18-24(33-26(37)32-14-20-11-19(15-38-3)9-10-23(20)40-28(29,30)31)36(21-7-5-4-6-8-21)34-25(18)39-22-12-27(13-22)16-35(2)17-27/h4-11,22H,12-17H2,1-3H3,(H2,32,33,37). The monoisotopic (exact) mass is 559 g/mol. The van der Waals surface area contributed by atoms with Gasteiger partial charge in [0.2, 0.25) is 5.88 Å². The summed E-state index contributed by atoms with van der Waals surface area (Å²) in [4.78, 5) is 15.3. The molecule has 2 N–H and O–H groups in total. The fourth-order valence-electron chi connectivity index (χ4n) is 5.57. The fraction of sp³-hybridized carbons (Fsp3) is 0.429. The van der Waals surface area contributed by atoms with Gasteiger partial charge in [-0.1, -0.05) is 24.3 Å². The molecule has 1 saturated heterocycles. The number of nitrogens with zero attached hydrogens (tertiary/aromatic N) is 3. The number of hydrogen-bond donors (Lipinski definition) is 2. The summed E-state index contributed by atoms with van der Waals surface area (Å²) in [5.74, 6) is 0.431. The smallest absolute Gasteiger partial charge is 0.473 e. The number of halogens is 3. The van der Waals surface area contributed by atoms with E-state index in [1.165, 1.54) is 25.3 Å². The molecular weight excluding hydrogens is 527 g/mol. The topological polar surface area (TPSA) is 89.9 Å². The van der Waals surface area contributed by atoms with E-state index < -0.39 is 18.1 Å². The maximum atomic E-state index is 13.0. The van der Waals surface area contributed by atoms with Crippen LogP contribution in [0.5, 0.6) is 11.6 Å². The minimum atomic E-state index is -4.87. The van der Waals surface area contributed by atoms with Gasteiger partial charge in [0.1, 0.15) is 17.7 Å². The highest BCUT2D eigenvalue weighted by atomic mass is 19.4. The van der Waals surface area contributed by atoms with Crippen molar-refractivity contribution in [2.24, 2.45) is 5.41 Å². The quantitative estimate of drug-likeness (QED) is 0.383. The molecule has 5 rings (SSSR count). The number of rotatable bonds is 9. The number of ether oxygens (including phenoxy) is 3. The van der Waals surface area contributed by atoms with E-state index in [0.717, 1.165) is 31.6 Å². The fourth-order valence-corrected chi connectivity index (χ4v) is 5.57. The van der Waals surface area contributed by atoms with E-state index in [-0.39, 0.29) is 24.8 Å². The zero-order valence-corrected chi connectivity index (χ0v) is 22.5. The molecule has 214 valence electrons. The lowest BCUT2D eigenvalue weighted by Gasteiger charge is -2.57. The third-order valence-electron chi connectivity index (χ3n) is 7.22. The summed E-state index contributed by atoms with van der Waals surface area (Å²) in [5.41, 5.74) is 2.49. The summed E-state index contributed by atoms with van der Waals surface area (Å²) >= 11 is 0. The van der Waals surface area contributed by atoms with E-state index in [9.17, 15) is 18.0 Å². The predicted octanol–water partition coefficient (Wildman–Crippen LogP) is 5.02. The largest absolute Gasteiger partial charge is 0.573 e. The third-order valence-corrected chi connectivity index (χ3v) is 7.22. The zero-order valence-electron chi connectivity index (χ0n) is 22.5. The van der Waals surface area contributed by atoms with Crippen LogP contribution in [-0.4, -0.2) is 60.4 Å². The van der Waals surface area contributed by atoms with Crippen LogP contribution in [0.2, 0.25) is 0 Å². The van der Waals surface area contributed by atoms with Crippen molar-refractivity contribution < 1.29 is 32.2 Å². The third kappa shape index (κ3) is 6.18. The molecular formula is C28H32F3N5O4. The van der Waals surface area contributed by atoms with Gasteiger partial charge >= 0.3 is 12.4 Å². The first-order valence-electron chi connectivity index (χ1n) is 13.0. The van der Waals surface area contributed by atoms with E-state index >= 15 is 0 Å². The number of nitrogens with one attached hydrogen (secondary N) is 2. The van der Waals surface area contributed by atoms with Gasteiger partial charge in [0, 0.05) is 37.7 Å². The number of amides is 2. The number of carbonyl (C=O) groups excluding carboxylic acids is 1. The van der Waals surface area contributed by atoms with Gasteiger partial charge in [0.05, 0.1) is 17.9 Å². The van der Waals surface area contributed by atoms with Gasteiger partial charge in [-0.05, 0) is 56.6 Å². The molecule has 1 aliphatic heterocycles. The minimum absolute atomic E-state index is 0.0552. The molecule has 9 nitrogen and oxygen atoms in total. The Balaban J connectivity index is 1.31. The van der Waals surface area contributed by atoms with Gasteiger partial charge in [-0.3, -0.25) is 5.32 Å². The summed E-state index contributed by atoms with van der Waals surface area (Å²) in [7, 11) is 3.59. The van der Waals surface area contributed by atoms with Gasteiger partial charge in [0.25, 0.3) is 0 Å². The van der Waals surface area contributed by atoms with Crippen LogP contribution < -0.4 is 20.1 Å². The summed E-state index contributed by atoms with van der Waals surface area (Å²) in [6, 6.07) is 12.9. The molecule has 1 aromatic heterocycles. The van der Waals surface area contributed by atoms with Crippen LogP contribution in [0, 0.1) is 12.3 Å². The van der Waals surface area contributed by atoms with Gasteiger partial charge in [0.15, 0.2) is 0 Å². The number of aromatic nitrogens is 2. The molecule has 1 spiro atoms. The highest BCUT2D eigenvalue weighted by molar-refractivity contribution is 5.89. The summed E-state index contributed by atoms with van der Waals surface area (Å²) in [6.45, 7) is 3.94. The van der Waals surface area contributed by atoms with Gasteiger partial charge in [-0.15, -0.1) is 18.3 Å². The Bertz CT molecular complexity index is 1350. The lowest BCUT2D eigenvalue weighted by atomic mass is 9.62. The lowest BCUT2D eigenvalue weighted by molar-refractivity contribution is -0.274. The number of urea groups is 1. The van der Waals surface area contributed by atoms with Crippen LogP contribution in [0.1, 0.15) is 29.5 Å². The van der Waals surface area contributed by atoms with E-state index in [2.05, 4.69) is 32.4 Å². The van der Waals surface area contributed by atoms with Crippen molar-refractivity contribution >= 4 is 11.8 Å². The summed E-state index contributed by atoms with van der Waals surface area (Å²) in [6.07, 6.45) is -2.89. The van der Waals surface area contributed by atoms with Crippen molar-refractivity contribution in [2.75, 3.05) is 32.6 Å². The maximum absolute atomic E-state index is 13.0. The summed E-state index contributed by atoms with van der Waals surface area (Å²) in [5, 5.41) is 10.1. The molecule has 12 heteroatoms. The molecule has 0 bridgehead atoms. The molecule has 1 saturated carbocycles. The van der Waals surface area contributed by atoms with Gasteiger partial charge in [-0.25, -0.2) is 9.48 Å². The van der Waals surface area contributed by atoms with Crippen LogP contribution in [0.4, 0.5) is 23.8 Å². The van der Waals surface area contributed by atoms with Crippen molar-refractivity contribution in [2.45, 2.75) is 45.4 Å². The maximum Gasteiger partial charge on any atom is 0.573 e. The normalized spacial score (nSPS) is 16.8. The molecule has 0 radical (unpaired) electrons. The lowest BCUT2D eigenvalue weighted by Crippen LogP contribution is -2.63. The Morgan fingerprint density at radius 3 is 2.52 bits per heavy atom. The minimum Gasteiger partial charge on any atom is -0.473 e. The van der Waals surface area contributed by atoms with Crippen molar-refractivity contribution in [1.29, 1.82) is 0 Å². The van der Waals surface area contributed by atoms with Crippen LogP contribution in [-0.2, 0) is 17.9 Å². The van der Waals surface area contributed by atoms with E-state index in [4.69, 9.17) is 9.47 Å². The highest BCUT2D eigenvalue weighted by Crippen LogP contribution is 2.49. The number of benzene rings is 2. The number of carbonyl (C=O) groups is 1. The number of likely N-dealkylation sites (tertiary alicyclic amines) is 1. The predicted molar refractivity (Wildman–Crippen MR) is 142 cm³/mol. The number of alkyl halides is 3. The molecule has 2 aliphatic rings.